The third kappa shape index (κ3) is 4.79. The van der Waals surface area contributed by atoms with Crippen LogP contribution < -0.4 is 10.1 Å². The van der Waals surface area contributed by atoms with Crippen LogP contribution >= 0.6 is 23.2 Å². The van der Waals surface area contributed by atoms with Crippen LogP contribution in [-0.2, 0) is 13.0 Å². The number of furan rings is 1. The Morgan fingerprint density at radius 2 is 1.80 bits per heavy atom. The minimum atomic E-state index is 0.633. The van der Waals surface area contributed by atoms with Gasteiger partial charge >= 0.3 is 0 Å². The van der Waals surface area contributed by atoms with Crippen molar-refractivity contribution in [2.45, 2.75) is 13.0 Å². The fourth-order valence-electron chi connectivity index (χ4n) is 2.62. The van der Waals surface area contributed by atoms with Crippen molar-refractivity contribution < 1.29 is 14.5 Å². The van der Waals surface area contributed by atoms with Crippen LogP contribution in [0.5, 0.6) is 5.75 Å². The van der Waals surface area contributed by atoms with Crippen molar-refractivity contribution in [3.63, 3.8) is 0 Å². The average Bonchev–Trinajstić information content (AvgIpc) is 3.10. The van der Waals surface area contributed by atoms with Crippen LogP contribution in [0.25, 0.3) is 11.3 Å². The second-order valence-corrected chi connectivity index (χ2v) is 6.61. The summed E-state index contributed by atoms with van der Waals surface area (Å²) < 4.78 is 11.1. The highest BCUT2D eigenvalue weighted by Gasteiger charge is 2.10. The molecule has 3 nitrogen and oxygen atoms in total. The van der Waals surface area contributed by atoms with E-state index in [-0.39, 0.29) is 0 Å². The maximum absolute atomic E-state index is 6.22. The van der Waals surface area contributed by atoms with E-state index in [1.807, 2.05) is 30.3 Å². The predicted molar refractivity (Wildman–Crippen MR) is 101 cm³/mol. The second kappa shape index (κ2) is 8.43. The Bertz CT molecular complexity index is 828. The van der Waals surface area contributed by atoms with Crippen molar-refractivity contribution in [1.82, 2.24) is 0 Å². The predicted octanol–water partition coefficient (Wildman–Crippen LogP) is 4.57. The lowest BCUT2D eigenvalue weighted by molar-refractivity contribution is -0.671. The van der Waals surface area contributed by atoms with Crippen molar-refractivity contribution in [3.8, 4) is 17.1 Å². The van der Waals surface area contributed by atoms with E-state index in [1.165, 1.54) is 5.56 Å². The number of halogens is 2. The van der Waals surface area contributed by atoms with Gasteiger partial charge in [0.05, 0.1) is 18.7 Å². The van der Waals surface area contributed by atoms with E-state index in [4.69, 9.17) is 32.4 Å². The number of hydrogen-bond acceptors (Lipinski definition) is 2. The first kappa shape index (κ1) is 17.9. The minimum Gasteiger partial charge on any atom is -0.497 e. The molecule has 0 atom stereocenters. The minimum absolute atomic E-state index is 0.633. The highest BCUT2D eigenvalue weighted by atomic mass is 35.5. The Balaban J connectivity index is 1.52. The highest BCUT2D eigenvalue weighted by Crippen LogP contribution is 2.31. The summed E-state index contributed by atoms with van der Waals surface area (Å²) in [6.45, 7) is 1.77. The third-order valence-corrected chi connectivity index (χ3v) is 4.56. The van der Waals surface area contributed by atoms with Gasteiger partial charge < -0.3 is 14.5 Å². The number of ether oxygens (including phenoxy) is 1. The fraction of sp³-hybridized carbons (Fsp3) is 0.200. The van der Waals surface area contributed by atoms with E-state index in [0.717, 1.165) is 42.3 Å². The molecule has 3 aromatic rings. The van der Waals surface area contributed by atoms with E-state index < -0.39 is 0 Å². The molecule has 0 saturated heterocycles. The normalized spacial score (nSPS) is 10.8. The summed E-state index contributed by atoms with van der Waals surface area (Å²) in [5.74, 6) is 2.54. The topological polar surface area (TPSA) is 39.0 Å². The number of benzene rings is 2. The number of methoxy groups -OCH3 is 1. The molecular formula is C20H20Cl2NO2+. The molecule has 0 radical (unpaired) electrons. The van der Waals surface area contributed by atoms with Crippen LogP contribution in [0, 0.1) is 0 Å². The molecule has 3 rings (SSSR count). The van der Waals surface area contributed by atoms with Gasteiger partial charge in [0.25, 0.3) is 0 Å². The highest BCUT2D eigenvalue weighted by molar-refractivity contribution is 6.35. The molecule has 0 aliphatic rings. The van der Waals surface area contributed by atoms with Gasteiger partial charge in [0.1, 0.15) is 18.1 Å². The van der Waals surface area contributed by atoms with Gasteiger partial charge in [-0.15, -0.1) is 0 Å². The van der Waals surface area contributed by atoms with E-state index in [9.17, 15) is 0 Å². The summed E-state index contributed by atoms with van der Waals surface area (Å²) in [5.41, 5.74) is 2.11. The summed E-state index contributed by atoms with van der Waals surface area (Å²) in [4.78, 5) is 0. The Hall–Kier alpha value is -1.94. The summed E-state index contributed by atoms with van der Waals surface area (Å²) in [6, 6.07) is 17.5. The van der Waals surface area contributed by atoms with Gasteiger partial charge in [0.2, 0.25) is 0 Å². The van der Waals surface area contributed by atoms with Gasteiger partial charge in [-0.05, 0) is 48.0 Å². The summed E-state index contributed by atoms with van der Waals surface area (Å²) in [6.07, 6.45) is 0.998. The van der Waals surface area contributed by atoms with Crippen LogP contribution in [0.1, 0.15) is 11.3 Å². The molecule has 5 heteroatoms. The van der Waals surface area contributed by atoms with E-state index in [1.54, 1.807) is 19.2 Å². The molecule has 0 fully saturated rings. The van der Waals surface area contributed by atoms with Gasteiger partial charge in [-0.1, -0.05) is 35.3 Å². The van der Waals surface area contributed by atoms with Gasteiger partial charge in [-0.2, -0.15) is 0 Å². The zero-order chi connectivity index (χ0) is 17.6. The van der Waals surface area contributed by atoms with Crippen LogP contribution in [0.3, 0.4) is 0 Å². The summed E-state index contributed by atoms with van der Waals surface area (Å²) in [7, 11) is 1.68. The average molecular weight is 377 g/mol. The lowest BCUT2D eigenvalue weighted by Crippen LogP contribution is -2.83. The Morgan fingerprint density at radius 3 is 2.56 bits per heavy atom. The lowest BCUT2D eigenvalue weighted by atomic mass is 10.1. The Kier molecular flexibility index (Phi) is 6.03. The molecule has 130 valence electrons. The molecule has 0 spiro atoms. The first-order valence-electron chi connectivity index (χ1n) is 8.14. The van der Waals surface area contributed by atoms with Gasteiger partial charge in [-0.3, -0.25) is 0 Å². The third-order valence-electron chi connectivity index (χ3n) is 4.00. The SMILES string of the molecule is COc1ccc(CC[NH2+]Cc2ccc(-c3cc(Cl)ccc3Cl)o2)cc1. The van der Waals surface area contributed by atoms with Gasteiger partial charge in [0, 0.05) is 17.0 Å². The van der Waals surface area contributed by atoms with E-state index in [0.29, 0.717) is 10.0 Å². The number of hydrogen-bond donors (Lipinski definition) is 1. The first-order chi connectivity index (χ1) is 12.2. The quantitative estimate of drug-likeness (QED) is 0.613. The van der Waals surface area contributed by atoms with Crippen LogP contribution in [0.15, 0.2) is 59.0 Å². The van der Waals surface area contributed by atoms with Crippen molar-refractivity contribution in [1.29, 1.82) is 0 Å². The van der Waals surface area contributed by atoms with Crippen molar-refractivity contribution in [2.75, 3.05) is 13.7 Å². The van der Waals surface area contributed by atoms with E-state index >= 15 is 0 Å². The van der Waals surface area contributed by atoms with Crippen LogP contribution in [-0.4, -0.2) is 13.7 Å². The maximum Gasteiger partial charge on any atom is 0.158 e. The van der Waals surface area contributed by atoms with Gasteiger partial charge in [-0.25, -0.2) is 0 Å². The standard InChI is InChI=1S/C20H19Cl2NO2/c1-24-16-5-2-14(3-6-16)10-11-23-13-17-7-9-20(25-17)18-12-15(21)4-8-19(18)22/h2-9,12,23H,10-11,13H2,1H3/p+1. The Morgan fingerprint density at radius 1 is 1.00 bits per heavy atom. The largest absolute Gasteiger partial charge is 0.497 e. The van der Waals surface area contributed by atoms with Crippen LogP contribution in [0.2, 0.25) is 10.0 Å². The molecule has 0 aliphatic heterocycles. The second-order valence-electron chi connectivity index (χ2n) is 5.77. The molecule has 0 saturated carbocycles. The molecule has 1 aromatic heterocycles. The lowest BCUT2D eigenvalue weighted by Gasteiger charge is -2.03. The van der Waals surface area contributed by atoms with Crippen molar-refractivity contribution in [2.24, 2.45) is 0 Å². The molecule has 1 heterocycles. The summed E-state index contributed by atoms with van der Waals surface area (Å²) in [5, 5.41) is 3.50. The molecule has 0 unspecified atom stereocenters. The molecular weight excluding hydrogens is 357 g/mol. The van der Waals surface area contributed by atoms with Crippen molar-refractivity contribution >= 4 is 23.2 Å². The zero-order valence-electron chi connectivity index (χ0n) is 14.0. The molecule has 2 aromatic carbocycles. The molecule has 0 amide bonds. The maximum atomic E-state index is 6.22. The monoisotopic (exact) mass is 376 g/mol. The molecule has 25 heavy (non-hydrogen) atoms. The van der Waals surface area contributed by atoms with Crippen molar-refractivity contribution in [3.05, 3.63) is 76.0 Å². The Labute approximate surface area is 157 Å². The first-order valence-corrected chi connectivity index (χ1v) is 8.90. The zero-order valence-corrected chi connectivity index (χ0v) is 15.5. The smallest absolute Gasteiger partial charge is 0.158 e. The fourth-order valence-corrected chi connectivity index (χ4v) is 3.01. The molecule has 0 bridgehead atoms. The number of rotatable bonds is 7. The van der Waals surface area contributed by atoms with Gasteiger partial charge in [0.15, 0.2) is 5.76 Å². The van der Waals surface area contributed by atoms with E-state index in [2.05, 4.69) is 17.4 Å². The summed E-state index contributed by atoms with van der Waals surface area (Å²) >= 11 is 12.3. The van der Waals surface area contributed by atoms with Crippen LogP contribution in [0.4, 0.5) is 0 Å². The molecule has 0 aliphatic carbocycles. The molecule has 2 N–H and O–H groups in total. The number of nitrogens with two attached hydrogens (primary N) is 1. The number of quaternary nitrogens is 1.